The highest BCUT2D eigenvalue weighted by molar-refractivity contribution is 5.84. The molecule has 1 aliphatic rings. The van der Waals surface area contributed by atoms with E-state index in [0.717, 1.165) is 19.4 Å². The topological polar surface area (TPSA) is 63.2 Å². The molecule has 2 rings (SSSR count). The molecule has 0 bridgehead atoms. The van der Waals surface area contributed by atoms with Crippen LogP contribution in [0.25, 0.3) is 0 Å². The van der Waals surface area contributed by atoms with E-state index in [1.807, 2.05) is 6.07 Å². The van der Waals surface area contributed by atoms with E-state index in [2.05, 4.69) is 15.6 Å². The van der Waals surface area contributed by atoms with E-state index in [4.69, 9.17) is 4.74 Å². The van der Waals surface area contributed by atoms with Crippen LogP contribution in [0.15, 0.2) is 18.3 Å². The van der Waals surface area contributed by atoms with Crippen LogP contribution in [0.3, 0.4) is 0 Å². The average Bonchev–Trinajstić information content (AvgIpc) is 2.33. The zero-order valence-corrected chi connectivity index (χ0v) is 9.19. The SMILES string of the molecule is COc1ccc(NC2CCCNC2=O)nc1. The number of carbonyl (C=O) groups is 1. The first-order chi connectivity index (χ1) is 7.79. The number of carbonyl (C=O) groups excluding carboxylic acids is 1. The van der Waals surface area contributed by atoms with Gasteiger partial charge < -0.3 is 15.4 Å². The van der Waals surface area contributed by atoms with E-state index in [9.17, 15) is 4.79 Å². The Bertz CT molecular complexity index is 364. The fourth-order valence-corrected chi connectivity index (χ4v) is 1.67. The lowest BCUT2D eigenvalue weighted by atomic mass is 10.1. The third-order valence-electron chi connectivity index (χ3n) is 2.58. The Balaban J connectivity index is 1.99. The van der Waals surface area contributed by atoms with Gasteiger partial charge in [-0.05, 0) is 25.0 Å². The highest BCUT2D eigenvalue weighted by Crippen LogP contribution is 2.14. The minimum absolute atomic E-state index is 0.0452. The molecule has 0 saturated carbocycles. The Kier molecular flexibility index (Phi) is 3.24. The van der Waals surface area contributed by atoms with Crippen LogP contribution in [0, 0.1) is 0 Å². The summed E-state index contributed by atoms with van der Waals surface area (Å²) in [5, 5.41) is 5.92. The fourth-order valence-electron chi connectivity index (χ4n) is 1.67. The Morgan fingerprint density at radius 2 is 2.44 bits per heavy atom. The van der Waals surface area contributed by atoms with Crippen LogP contribution < -0.4 is 15.4 Å². The minimum Gasteiger partial charge on any atom is -0.495 e. The van der Waals surface area contributed by atoms with Crippen molar-refractivity contribution in [2.45, 2.75) is 18.9 Å². The predicted molar refractivity (Wildman–Crippen MR) is 60.4 cm³/mol. The molecule has 2 N–H and O–H groups in total. The van der Waals surface area contributed by atoms with E-state index in [1.165, 1.54) is 0 Å². The van der Waals surface area contributed by atoms with Gasteiger partial charge in [0.05, 0.1) is 13.3 Å². The third kappa shape index (κ3) is 2.42. The average molecular weight is 221 g/mol. The number of hydrogen-bond acceptors (Lipinski definition) is 4. The van der Waals surface area contributed by atoms with E-state index < -0.39 is 0 Å². The summed E-state index contributed by atoms with van der Waals surface area (Å²) >= 11 is 0. The Morgan fingerprint density at radius 1 is 1.56 bits per heavy atom. The van der Waals surface area contributed by atoms with Crippen molar-refractivity contribution in [1.82, 2.24) is 10.3 Å². The summed E-state index contributed by atoms with van der Waals surface area (Å²) in [5.74, 6) is 1.45. The molecule has 0 spiro atoms. The van der Waals surface area contributed by atoms with E-state index >= 15 is 0 Å². The molecule has 1 aromatic heterocycles. The number of rotatable bonds is 3. The molecule has 0 aliphatic carbocycles. The molecule has 1 atom stereocenters. The second kappa shape index (κ2) is 4.83. The Labute approximate surface area is 94.2 Å². The van der Waals surface area contributed by atoms with E-state index in [1.54, 1.807) is 19.4 Å². The highest BCUT2D eigenvalue weighted by Gasteiger charge is 2.21. The van der Waals surface area contributed by atoms with Crippen molar-refractivity contribution in [3.05, 3.63) is 18.3 Å². The molecule has 16 heavy (non-hydrogen) atoms. The van der Waals surface area contributed by atoms with Gasteiger partial charge in [-0.3, -0.25) is 4.79 Å². The second-order valence-corrected chi connectivity index (χ2v) is 3.71. The Hall–Kier alpha value is -1.78. The first-order valence-corrected chi connectivity index (χ1v) is 5.34. The molecule has 0 radical (unpaired) electrons. The number of methoxy groups -OCH3 is 1. The van der Waals surface area contributed by atoms with Gasteiger partial charge in [-0.1, -0.05) is 0 Å². The fraction of sp³-hybridized carbons (Fsp3) is 0.455. The monoisotopic (exact) mass is 221 g/mol. The van der Waals surface area contributed by atoms with Crippen LogP contribution in [-0.4, -0.2) is 30.6 Å². The van der Waals surface area contributed by atoms with Crippen molar-refractivity contribution < 1.29 is 9.53 Å². The van der Waals surface area contributed by atoms with Gasteiger partial charge in [0, 0.05) is 6.54 Å². The first kappa shape index (κ1) is 10.7. The number of piperidine rings is 1. The number of pyridine rings is 1. The number of ether oxygens (including phenoxy) is 1. The summed E-state index contributed by atoms with van der Waals surface area (Å²) < 4.78 is 5.01. The smallest absolute Gasteiger partial charge is 0.242 e. The number of anilines is 1. The van der Waals surface area contributed by atoms with Crippen LogP contribution in [0.5, 0.6) is 5.75 Å². The van der Waals surface area contributed by atoms with Crippen LogP contribution in [0.2, 0.25) is 0 Å². The molecule has 1 saturated heterocycles. The maximum Gasteiger partial charge on any atom is 0.242 e. The molecule has 1 aromatic rings. The van der Waals surface area contributed by atoms with Gasteiger partial charge in [-0.25, -0.2) is 4.98 Å². The summed E-state index contributed by atoms with van der Waals surface area (Å²) in [6.45, 7) is 0.771. The molecule has 2 heterocycles. The van der Waals surface area contributed by atoms with Gasteiger partial charge in [-0.2, -0.15) is 0 Å². The van der Waals surface area contributed by atoms with Crippen molar-refractivity contribution in [2.24, 2.45) is 0 Å². The van der Waals surface area contributed by atoms with Gasteiger partial charge in [0.2, 0.25) is 5.91 Å². The van der Waals surface area contributed by atoms with Crippen molar-refractivity contribution in [3.8, 4) is 5.75 Å². The quantitative estimate of drug-likeness (QED) is 0.791. The standard InChI is InChI=1S/C11H15N3O2/c1-16-8-4-5-10(13-7-8)14-9-3-2-6-12-11(9)15/h4-5,7,9H,2-3,6H2,1H3,(H,12,15)(H,13,14). The summed E-state index contributed by atoms with van der Waals surface area (Å²) in [6, 6.07) is 3.45. The number of nitrogens with zero attached hydrogens (tertiary/aromatic N) is 1. The van der Waals surface area contributed by atoms with Crippen LogP contribution >= 0.6 is 0 Å². The maximum atomic E-state index is 11.5. The summed E-state index contributed by atoms with van der Waals surface area (Å²) in [5.41, 5.74) is 0. The van der Waals surface area contributed by atoms with E-state index in [0.29, 0.717) is 11.6 Å². The number of nitrogens with one attached hydrogen (secondary N) is 2. The molecule has 5 heteroatoms. The molecular weight excluding hydrogens is 206 g/mol. The zero-order valence-electron chi connectivity index (χ0n) is 9.19. The lowest BCUT2D eigenvalue weighted by Crippen LogP contribution is -2.44. The van der Waals surface area contributed by atoms with Crippen molar-refractivity contribution in [1.29, 1.82) is 0 Å². The lowest BCUT2D eigenvalue weighted by molar-refractivity contribution is -0.123. The predicted octanol–water partition coefficient (Wildman–Crippen LogP) is 0.781. The van der Waals surface area contributed by atoms with Crippen molar-refractivity contribution >= 4 is 11.7 Å². The summed E-state index contributed by atoms with van der Waals surface area (Å²) in [7, 11) is 1.60. The van der Waals surface area contributed by atoms with Crippen LogP contribution in [0.1, 0.15) is 12.8 Å². The van der Waals surface area contributed by atoms with Crippen LogP contribution in [0.4, 0.5) is 5.82 Å². The van der Waals surface area contributed by atoms with Crippen molar-refractivity contribution in [2.75, 3.05) is 19.0 Å². The van der Waals surface area contributed by atoms with Crippen molar-refractivity contribution in [3.63, 3.8) is 0 Å². The number of hydrogen-bond donors (Lipinski definition) is 2. The van der Waals surface area contributed by atoms with Crippen LogP contribution in [-0.2, 0) is 4.79 Å². The largest absolute Gasteiger partial charge is 0.495 e. The molecule has 0 aromatic carbocycles. The third-order valence-corrected chi connectivity index (χ3v) is 2.58. The number of aromatic nitrogens is 1. The summed E-state index contributed by atoms with van der Waals surface area (Å²) in [6.07, 6.45) is 3.47. The maximum absolute atomic E-state index is 11.5. The molecule has 1 unspecified atom stereocenters. The van der Waals surface area contributed by atoms with Gasteiger partial charge in [0.1, 0.15) is 17.6 Å². The number of amides is 1. The van der Waals surface area contributed by atoms with Gasteiger partial charge >= 0.3 is 0 Å². The van der Waals surface area contributed by atoms with Gasteiger partial charge in [0.15, 0.2) is 0 Å². The molecule has 86 valence electrons. The molecule has 1 amide bonds. The molecule has 1 fully saturated rings. The second-order valence-electron chi connectivity index (χ2n) is 3.71. The van der Waals surface area contributed by atoms with Gasteiger partial charge in [-0.15, -0.1) is 0 Å². The molecule has 5 nitrogen and oxygen atoms in total. The Morgan fingerprint density at radius 3 is 3.06 bits per heavy atom. The zero-order chi connectivity index (χ0) is 11.4. The minimum atomic E-state index is -0.172. The van der Waals surface area contributed by atoms with E-state index in [-0.39, 0.29) is 11.9 Å². The normalized spacial score (nSPS) is 20.1. The van der Waals surface area contributed by atoms with Gasteiger partial charge in [0.25, 0.3) is 0 Å². The molecular formula is C11H15N3O2. The molecule has 1 aliphatic heterocycles. The summed E-state index contributed by atoms with van der Waals surface area (Å²) in [4.78, 5) is 15.7. The first-order valence-electron chi connectivity index (χ1n) is 5.34. The highest BCUT2D eigenvalue weighted by atomic mass is 16.5. The lowest BCUT2D eigenvalue weighted by Gasteiger charge is -2.23.